The van der Waals surface area contributed by atoms with E-state index in [-0.39, 0.29) is 0 Å². The highest BCUT2D eigenvalue weighted by Crippen LogP contribution is 2.33. The van der Waals surface area contributed by atoms with Crippen LogP contribution in [-0.2, 0) is 10.3 Å². The number of aromatic nitrogens is 3. The number of H-pyrrole nitrogens is 1. The highest BCUT2D eigenvalue weighted by atomic mass is 16.5. The summed E-state index contributed by atoms with van der Waals surface area (Å²) in [7, 11) is 0. The molecule has 2 heterocycles. The molecule has 5 nitrogen and oxygen atoms in total. The molecule has 0 aromatic carbocycles. The maximum Gasteiger partial charge on any atom is 0.172 e. The number of nitrogens with one attached hydrogen (secondary N) is 1. The fourth-order valence-electron chi connectivity index (χ4n) is 2.64. The summed E-state index contributed by atoms with van der Waals surface area (Å²) in [4.78, 5) is 4.57. The molecule has 16 heavy (non-hydrogen) atoms. The lowest BCUT2D eigenvalue weighted by Gasteiger charge is -2.16. The van der Waals surface area contributed by atoms with Crippen LogP contribution in [0.1, 0.15) is 49.7 Å². The van der Waals surface area contributed by atoms with Crippen molar-refractivity contribution >= 4 is 0 Å². The van der Waals surface area contributed by atoms with E-state index >= 15 is 0 Å². The van der Waals surface area contributed by atoms with Gasteiger partial charge in [-0.1, -0.05) is 12.8 Å². The van der Waals surface area contributed by atoms with Crippen molar-refractivity contribution in [3.05, 3.63) is 11.6 Å². The molecule has 3 rings (SSSR count). The monoisotopic (exact) mass is 222 g/mol. The molecule has 1 aromatic rings. The zero-order valence-electron chi connectivity index (χ0n) is 9.41. The normalized spacial score (nSPS) is 31.3. The summed E-state index contributed by atoms with van der Waals surface area (Å²) in [5.74, 6) is 2.31. The van der Waals surface area contributed by atoms with Crippen molar-refractivity contribution < 1.29 is 4.74 Å². The molecular formula is C11H18N4O. The minimum absolute atomic E-state index is 0.465. The van der Waals surface area contributed by atoms with Gasteiger partial charge in [0.15, 0.2) is 5.82 Å². The quantitative estimate of drug-likeness (QED) is 0.783. The minimum Gasteiger partial charge on any atom is -0.379 e. The van der Waals surface area contributed by atoms with Gasteiger partial charge >= 0.3 is 0 Å². The first-order chi connectivity index (χ1) is 7.78. The fourth-order valence-corrected chi connectivity index (χ4v) is 2.64. The molecule has 0 spiro atoms. The Kier molecular flexibility index (Phi) is 2.44. The lowest BCUT2D eigenvalue weighted by molar-refractivity contribution is 0.176. The third-order valence-electron chi connectivity index (χ3n) is 3.74. The molecule has 1 saturated carbocycles. The lowest BCUT2D eigenvalue weighted by Crippen LogP contribution is -2.38. The van der Waals surface area contributed by atoms with Crippen LogP contribution in [0, 0.1) is 0 Å². The van der Waals surface area contributed by atoms with Crippen LogP contribution < -0.4 is 5.73 Å². The molecule has 5 heteroatoms. The Morgan fingerprint density at radius 1 is 1.38 bits per heavy atom. The second-order valence-electron chi connectivity index (χ2n) is 4.98. The molecule has 88 valence electrons. The molecule has 1 aromatic heterocycles. The zero-order valence-corrected chi connectivity index (χ0v) is 9.41. The van der Waals surface area contributed by atoms with E-state index in [1.54, 1.807) is 0 Å². The van der Waals surface area contributed by atoms with Crippen LogP contribution >= 0.6 is 0 Å². The van der Waals surface area contributed by atoms with Crippen LogP contribution in [-0.4, -0.2) is 28.4 Å². The van der Waals surface area contributed by atoms with Crippen molar-refractivity contribution in [2.24, 2.45) is 5.73 Å². The summed E-state index contributed by atoms with van der Waals surface area (Å²) in [5, 5.41) is 7.33. The third kappa shape index (κ3) is 1.64. The summed E-state index contributed by atoms with van der Waals surface area (Å²) in [6.07, 6.45) is 5.87. The first-order valence-corrected chi connectivity index (χ1v) is 6.07. The van der Waals surface area contributed by atoms with E-state index in [0.717, 1.165) is 18.1 Å². The average molecular weight is 222 g/mol. The molecule has 3 N–H and O–H groups in total. The Morgan fingerprint density at radius 3 is 2.88 bits per heavy atom. The predicted molar refractivity (Wildman–Crippen MR) is 58.9 cm³/mol. The van der Waals surface area contributed by atoms with E-state index < -0.39 is 5.54 Å². The van der Waals surface area contributed by atoms with Gasteiger partial charge in [-0.15, -0.1) is 0 Å². The Bertz CT molecular complexity index is 364. The topological polar surface area (TPSA) is 76.8 Å². The Morgan fingerprint density at radius 2 is 2.19 bits per heavy atom. The molecule has 0 bridgehead atoms. The van der Waals surface area contributed by atoms with Gasteiger partial charge in [0.05, 0.1) is 6.61 Å². The van der Waals surface area contributed by atoms with E-state index in [4.69, 9.17) is 10.5 Å². The van der Waals surface area contributed by atoms with Crippen LogP contribution in [0.25, 0.3) is 0 Å². The number of nitrogens with zero attached hydrogens (tertiary/aromatic N) is 2. The fraction of sp³-hybridized carbons (Fsp3) is 0.818. The Balaban J connectivity index is 1.81. The lowest BCUT2D eigenvalue weighted by atomic mass is 10.00. The first-order valence-electron chi connectivity index (χ1n) is 6.07. The van der Waals surface area contributed by atoms with Gasteiger partial charge in [-0.05, 0) is 19.3 Å². The summed E-state index contributed by atoms with van der Waals surface area (Å²) >= 11 is 0. The van der Waals surface area contributed by atoms with Gasteiger partial charge in [0.1, 0.15) is 11.4 Å². The first kappa shape index (κ1) is 10.2. The van der Waals surface area contributed by atoms with Crippen LogP contribution in [0.2, 0.25) is 0 Å². The zero-order chi connectivity index (χ0) is 11.0. The maximum atomic E-state index is 6.22. The molecule has 0 radical (unpaired) electrons. The molecule has 1 saturated heterocycles. The number of hydrogen-bond acceptors (Lipinski definition) is 4. The summed E-state index contributed by atoms with van der Waals surface area (Å²) < 4.78 is 5.33. The van der Waals surface area contributed by atoms with E-state index in [0.29, 0.717) is 19.1 Å². The van der Waals surface area contributed by atoms with E-state index in [2.05, 4.69) is 15.2 Å². The van der Waals surface area contributed by atoms with Crippen molar-refractivity contribution in [2.45, 2.75) is 43.6 Å². The van der Waals surface area contributed by atoms with Crippen LogP contribution in [0.4, 0.5) is 0 Å². The maximum absolute atomic E-state index is 6.22. The van der Waals surface area contributed by atoms with Crippen molar-refractivity contribution in [3.63, 3.8) is 0 Å². The molecule has 0 amide bonds. The number of rotatable bonds is 2. The minimum atomic E-state index is -0.465. The van der Waals surface area contributed by atoms with Crippen LogP contribution in [0.3, 0.4) is 0 Å². The highest BCUT2D eigenvalue weighted by Gasteiger charge is 2.37. The number of hydrogen-bond donors (Lipinski definition) is 2. The standard InChI is InChI=1S/C11H18N4O/c12-11(5-6-16-7-11)10-13-9(14-15-10)8-3-1-2-4-8/h8H,1-7,12H2,(H,13,14,15). The Labute approximate surface area is 94.8 Å². The van der Waals surface area contributed by atoms with Gasteiger partial charge in [-0.3, -0.25) is 5.10 Å². The SMILES string of the molecule is NC1(c2n[nH]c(C3CCCC3)n2)CCOC1. The summed E-state index contributed by atoms with van der Waals surface area (Å²) in [6, 6.07) is 0. The number of ether oxygens (including phenoxy) is 1. The molecule has 1 aliphatic heterocycles. The molecular weight excluding hydrogens is 204 g/mol. The largest absolute Gasteiger partial charge is 0.379 e. The second kappa shape index (κ2) is 3.82. The number of aromatic amines is 1. The van der Waals surface area contributed by atoms with Crippen molar-refractivity contribution in [3.8, 4) is 0 Å². The number of nitrogens with two attached hydrogens (primary N) is 1. The van der Waals surface area contributed by atoms with Crippen molar-refractivity contribution in [1.82, 2.24) is 15.2 Å². The van der Waals surface area contributed by atoms with E-state index in [9.17, 15) is 0 Å². The average Bonchev–Trinajstić information content (AvgIpc) is 2.98. The Hall–Kier alpha value is -0.940. The molecule has 1 aliphatic carbocycles. The van der Waals surface area contributed by atoms with E-state index in [1.165, 1.54) is 25.7 Å². The second-order valence-corrected chi connectivity index (χ2v) is 4.98. The summed E-state index contributed by atoms with van der Waals surface area (Å²) in [6.45, 7) is 1.25. The molecule has 2 fully saturated rings. The van der Waals surface area contributed by atoms with Crippen molar-refractivity contribution in [2.75, 3.05) is 13.2 Å². The van der Waals surface area contributed by atoms with Crippen LogP contribution in [0.5, 0.6) is 0 Å². The van der Waals surface area contributed by atoms with Gasteiger partial charge in [0, 0.05) is 12.5 Å². The third-order valence-corrected chi connectivity index (χ3v) is 3.74. The smallest absolute Gasteiger partial charge is 0.172 e. The van der Waals surface area contributed by atoms with Gasteiger partial charge < -0.3 is 10.5 Å². The van der Waals surface area contributed by atoms with Gasteiger partial charge in [-0.2, -0.15) is 5.10 Å². The highest BCUT2D eigenvalue weighted by molar-refractivity contribution is 5.10. The molecule has 1 unspecified atom stereocenters. The van der Waals surface area contributed by atoms with Gasteiger partial charge in [-0.25, -0.2) is 4.98 Å². The van der Waals surface area contributed by atoms with Gasteiger partial charge in [0.2, 0.25) is 0 Å². The predicted octanol–water partition coefficient (Wildman–Crippen LogP) is 1.04. The van der Waals surface area contributed by atoms with E-state index in [1.807, 2.05) is 0 Å². The molecule has 1 atom stereocenters. The van der Waals surface area contributed by atoms with Crippen molar-refractivity contribution in [1.29, 1.82) is 0 Å². The van der Waals surface area contributed by atoms with Gasteiger partial charge in [0.25, 0.3) is 0 Å². The van der Waals surface area contributed by atoms with Crippen LogP contribution in [0.15, 0.2) is 0 Å². The molecule has 2 aliphatic rings. The summed E-state index contributed by atoms with van der Waals surface area (Å²) in [5.41, 5.74) is 5.76.